The summed E-state index contributed by atoms with van der Waals surface area (Å²) < 4.78 is 0. The van der Waals surface area contributed by atoms with Gasteiger partial charge in [0.1, 0.15) is 0 Å². The molecular weight excluding hydrogens is 264 g/mol. The Morgan fingerprint density at radius 1 is 1.19 bits per heavy atom. The van der Waals surface area contributed by atoms with Crippen LogP contribution in [0.2, 0.25) is 0 Å². The van der Waals surface area contributed by atoms with E-state index in [1.54, 1.807) is 0 Å². The third-order valence-corrected chi connectivity index (χ3v) is 4.44. The molecule has 1 aliphatic carbocycles. The van der Waals surface area contributed by atoms with Gasteiger partial charge in [0.15, 0.2) is 0 Å². The Morgan fingerprint density at radius 3 is 2.38 bits per heavy atom. The van der Waals surface area contributed by atoms with Crippen molar-refractivity contribution < 1.29 is 9.59 Å². The average molecular weight is 286 g/mol. The monoisotopic (exact) mass is 286 g/mol. The molecule has 2 aliphatic rings. The van der Waals surface area contributed by atoms with Crippen LogP contribution in [-0.2, 0) is 9.59 Å². The predicted molar refractivity (Wildman–Crippen MR) is 82.1 cm³/mol. The van der Waals surface area contributed by atoms with E-state index in [-0.39, 0.29) is 17.7 Å². The SMILES string of the molecule is Cc1cc(C)c(NC(=O)C2CC(=O)N(C3CC3)C2)c(C)c1. The van der Waals surface area contributed by atoms with Gasteiger partial charge in [-0.25, -0.2) is 0 Å². The van der Waals surface area contributed by atoms with Crippen LogP contribution in [-0.4, -0.2) is 29.3 Å². The fourth-order valence-electron chi connectivity index (χ4n) is 3.25. The summed E-state index contributed by atoms with van der Waals surface area (Å²) >= 11 is 0. The minimum absolute atomic E-state index is 0.0263. The number of benzene rings is 1. The van der Waals surface area contributed by atoms with Crippen LogP contribution in [0.1, 0.15) is 36.0 Å². The summed E-state index contributed by atoms with van der Waals surface area (Å²) in [6.07, 6.45) is 2.54. The molecule has 0 spiro atoms. The van der Waals surface area contributed by atoms with Crippen LogP contribution in [0.4, 0.5) is 5.69 Å². The molecule has 0 aromatic heterocycles. The molecule has 2 amide bonds. The Bertz CT molecular complexity index is 582. The fourth-order valence-corrected chi connectivity index (χ4v) is 3.25. The van der Waals surface area contributed by atoms with Gasteiger partial charge in [-0.05, 0) is 44.7 Å². The van der Waals surface area contributed by atoms with E-state index >= 15 is 0 Å². The van der Waals surface area contributed by atoms with Crippen LogP contribution in [0, 0.1) is 26.7 Å². The van der Waals surface area contributed by atoms with E-state index in [9.17, 15) is 9.59 Å². The molecule has 21 heavy (non-hydrogen) atoms. The number of hydrogen-bond donors (Lipinski definition) is 1. The van der Waals surface area contributed by atoms with Gasteiger partial charge in [-0.1, -0.05) is 17.7 Å². The number of anilines is 1. The molecule has 1 atom stereocenters. The molecule has 4 heteroatoms. The van der Waals surface area contributed by atoms with Gasteiger partial charge in [0, 0.05) is 24.7 Å². The van der Waals surface area contributed by atoms with Gasteiger partial charge >= 0.3 is 0 Å². The molecule has 1 aliphatic heterocycles. The van der Waals surface area contributed by atoms with Crippen molar-refractivity contribution in [1.29, 1.82) is 0 Å². The molecule has 1 heterocycles. The van der Waals surface area contributed by atoms with Crippen LogP contribution in [0.15, 0.2) is 12.1 Å². The summed E-state index contributed by atoms with van der Waals surface area (Å²) in [6, 6.07) is 4.54. The van der Waals surface area contributed by atoms with Crippen molar-refractivity contribution >= 4 is 17.5 Å². The molecule has 1 saturated heterocycles. The number of nitrogens with zero attached hydrogens (tertiary/aromatic N) is 1. The standard InChI is InChI=1S/C17H22N2O2/c1-10-6-11(2)16(12(3)7-10)18-17(21)13-8-15(20)19(9-13)14-4-5-14/h6-7,13-14H,4-5,8-9H2,1-3H3,(H,18,21). The van der Waals surface area contributed by atoms with Crippen molar-refractivity contribution in [2.75, 3.05) is 11.9 Å². The number of nitrogens with one attached hydrogen (secondary N) is 1. The smallest absolute Gasteiger partial charge is 0.229 e. The number of hydrogen-bond acceptors (Lipinski definition) is 2. The first kappa shape index (κ1) is 14.1. The zero-order valence-corrected chi connectivity index (χ0v) is 12.9. The normalized spacial score (nSPS) is 21.8. The van der Waals surface area contributed by atoms with Gasteiger partial charge in [-0.3, -0.25) is 9.59 Å². The molecule has 1 aromatic rings. The highest BCUT2D eigenvalue weighted by Crippen LogP contribution is 2.33. The Balaban J connectivity index is 1.71. The second-order valence-corrected chi connectivity index (χ2v) is 6.44. The molecule has 112 valence electrons. The Labute approximate surface area is 125 Å². The maximum Gasteiger partial charge on any atom is 0.229 e. The summed E-state index contributed by atoms with van der Waals surface area (Å²) in [7, 11) is 0. The molecule has 1 unspecified atom stereocenters. The van der Waals surface area contributed by atoms with Crippen molar-refractivity contribution in [2.45, 2.75) is 46.1 Å². The number of rotatable bonds is 3. The van der Waals surface area contributed by atoms with E-state index in [0.29, 0.717) is 19.0 Å². The van der Waals surface area contributed by atoms with Crippen LogP contribution >= 0.6 is 0 Å². The quantitative estimate of drug-likeness (QED) is 0.928. The Kier molecular flexibility index (Phi) is 3.47. The molecule has 4 nitrogen and oxygen atoms in total. The molecule has 1 N–H and O–H groups in total. The van der Waals surface area contributed by atoms with Crippen molar-refractivity contribution in [1.82, 2.24) is 4.90 Å². The number of amides is 2. The first-order valence-corrected chi connectivity index (χ1v) is 7.64. The second-order valence-electron chi connectivity index (χ2n) is 6.44. The number of aryl methyl sites for hydroxylation is 3. The predicted octanol–water partition coefficient (Wildman–Crippen LogP) is 2.56. The zero-order valence-electron chi connectivity index (χ0n) is 12.9. The van der Waals surface area contributed by atoms with Crippen molar-refractivity contribution in [3.63, 3.8) is 0 Å². The number of likely N-dealkylation sites (tertiary alicyclic amines) is 1. The second kappa shape index (κ2) is 5.17. The third kappa shape index (κ3) is 2.80. The lowest BCUT2D eigenvalue weighted by molar-refractivity contribution is -0.128. The lowest BCUT2D eigenvalue weighted by Gasteiger charge is -2.17. The van der Waals surface area contributed by atoms with Gasteiger partial charge in [-0.15, -0.1) is 0 Å². The van der Waals surface area contributed by atoms with Crippen molar-refractivity contribution in [3.05, 3.63) is 28.8 Å². The van der Waals surface area contributed by atoms with Gasteiger partial charge in [0.25, 0.3) is 0 Å². The van der Waals surface area contributed by atoms with Crippen LogP contribution < -0.4 is 5.32 Å². The lowest BCUT2D eigenvalue weighted by Crippen LogP contribution is -2.30. The topological polar surface area (TPSA) is 49.4 Å². The molecular formula is C17H22N2O2. The first-order chi connectivity index (χ1) is 9.95. The summed E-state index contributed by atoms with van der Waals surface area (Å²) in [6.45, 7) is 6.64. The van der Waals surface area contributed by atoms with Crippen LogP contribution in [0.3, 0.4) is 0 Å². The highest BCUT2D eigenvalue weighted by Gasteiger charge is 2.41. The Hall–Kier alpha value is -1.84. The maximum absolute atomic E-state index is 12.4. The fraction of sp³-hybridized carbons (Fsp3) is 0.529. The first-order valence-electron chi connectivity index (χ1n) is 7.64. The zero-order chi connectivity index (χ0) is 15.1. The van der Waals surface area contributed by atoms with Gasteiger partial charge in [-0.2, -0.15) is 0 Å². The molecule has 0 bridgehead atoms. The van der Waals surface area contributed by atoms with E-state index in [0.717, 1.165) is 29.7 Å². The highest BCUT2D eigenvalue weighted by molar-refractivity contribution is 5.98. The summed E-state index contributed by atoms with van der Waals surface area (Å²) in [4.78, 5) is 26.3. The summed E-state index contributed by atoms with van der Waals surface area (Å²) in [5.74, 6) is -0.102. The van der Waals surface area contributed by atoms with E-state index in [1.165, 1.54) is 5.56 Å². The van der Waals surface area contributed by atoms with E-state index < -0.39 is 0 Å². The maximum atomic E-state index is 12.4. The highest BCUT2D eigenvalue weighted by atomic mass is 16.2. The molecule has 0 radical (unpaired) electrons. The van der Waals surface area contributed by atoms with Gasteiger partial charge in [0.2, 0.25) is 11.8 Å². The summed E-state index contributed by atoms with van der Waals surface area (Å²) in [5.41, 5.74) is 4.23. The van der Waals surface area contributed by atoms with Gasteiger partial charge < -0.3 is 10.2 Å². The minimum atomic E-state index is -0.210. The van der Waals surface area contributed by atoms with Gasteiger partial charge in [0.05, 0.1) is 5.92 Å². The third-order valence-electron chi connectivity index (χ3n) is 4.44. The van der Waals surface area contributed by atoms with Crippen LogP contribution in [0.25, 0.3) is 0 Å². The van der Waals surface area contributed by atoms with Crippen molar-refractivity contribution in [2.24, 2.45) is 5.92 Å². The van der Waals surface area contributed by atoms with E-state index in [1.807, 2.05) is 18.7 Å². The summed E-state index contributed by atoms with van der Waals surface area (Å²) in [5, 5.41) is 3.03. The molecule has 2 fully saturated rings. The van der Waals surface area contributed by atoms with E-state index in [4.69, 9.17) is 0 Å². The molecule has 3 rings (SSSR count). The van der Waals surface area contributed by atoms with Crippen molar-refractivity contribution in [3.8, 4) is 0 Å². The minimum Gasteiger partial charge on any atom is -0.339 e. The largest absolute Gasteiger partial charge is 0.339 e. The molecule has 1 saturated carbocycles. The number of carbonyl (C=O) groups is 2. The Morgan fingerprint density at radius 2 is 1.81 bits per heavy atom. The lowest BCUT2D eigenvalue weighted by atomic mass is 10.0. The van der Waals surface area contributed by atoms with Crippen LogP contribution in [0.5, 0.6) is 0 Å². The average Bonchev–Trinajstić information content (AvgIpc) is 3.16. The number of carbonyl (C=O) groups excluding carboxylic acids is 2. The van der Waals surface area contributed by atoms with E-state index in [2.05, 4.69) is 24.4 Å². The molecule has 1 aromatic carbocycles.